The summed E-state index contributed by atoms with van der Waals surface area (Å²) in [7, 11) is 0. The molecular formula is C10H16N2O. The highest BCUT2D eigenvalue weighted by Gasteiger charge is 2.04. The van der Waals surface area contributed by atoms with Crippen LogP contribution < -0.4 is 0 Å². The van der Waals surface area contributed by atoms with Gasteiger partial charge in [-0.25, -0.2) is 0 Å². The highest BCUT2D eigenvalue weighted by Crippen LogP contribution is 2.10. The van der Waals surface area contributed by atoms with E-state index in [1.54, 1.807) is 16.9 Å². The summed E-state index contributed by atoms with van der Waals surface area (Å²) in [6, 6.07) is 1.77. The van der Waals surface area contributed by atoms with Crippen molar-refractivity contribution in [1.29, 1.82) is 0 Å². The molecule has 0 fully saturated rings. The standard InChI is InChI=1S/C10H16N2O/c1-8(2)5-7-12-10(9(3)13)4-6-11-12/h4,6,8,13H,3,5,7H2,1-2H3. The lowest BCUT2D eigenvalue weighted by Gasteiger charge is -2.07. The maximum atomic E-state index is 9.20. The van der Waals surface area contributed by atoms with Gasteiger partial charge in [0.05, 0.1) is 0 Å². The SMILES string of the molecule is C=C(O)c1ccnn1CCC(C)C. The van der Waals surface area contributed by atoms with Gasteiger partial charge in [-0.3, -0.25) is 4.68 Å². The quantitative estimate of drug-likeness (QED) is 0.723. The van der Waals surface area contributed by atoms with Gasteiger partial charge in [-0.1, -0.05) is 20.4 Å². The van der Waals surface area contributed by atoms with E-state index in [0.29, 0.717) is 11.6 Å². The summed E-state index contributed by atoms with van der Waals surface area (Å²) in [5.41, 5.74) is 0.709. The van der Waals surface area contributed by atoms with Crippen molar-refractivity contribution in [2.75, 3.05) is 0 Å². The van der Waals surface area contributed by atoms with Gasteiger partial charge in [0.1, 0.15) is 11.5 Å². The zero-order valence-electron chi connectivity index (χ0n) is 8.20. The first kappa shape index (κ1) is 9.84. The van der Waals surface area contributed by atoms with Crippen LogP contribution >= 0.6 is 0 Å². The number of aliphatic hydroxyl groups excluding tert-OH is 1. The minimum absolute atomic E-state index is 0.0845. The zero-order chi connectivity index (χ0) is 9.84. The first-order valence-electron chi connectivity index (χ1n) is 4.51. The Morgan fingerprint density at radius 2 is 2.38 bits per heavy atom. The smallest absolute Gasteiger partial charge is 0.133 e. The fourth-order valence-electron chi connectivity index (χ4n) is 1.14. The lowest BCUT2D eigenvalue weighted by molar-refractivity contribution is 0.461. The van der Waals surface area contributed by atoms with Crippen molar-refractivity contribution in [2.24, 2.45) is 5.92 Å². The Bertz CT molecular complexity index is 289. The van der Waals surface area contributed by atoms with Crippen LogP contribution in [0.2, 0.25) is 0 Å². The molecule has 0 aliphatic heterocycles. The van der Waals surface area contributed by atoms with E-state index in [-0.39, 0.29) is 5.76 Å². The van der Waals surface area contributed by atoms with Crippen LogP contribution in [-0.4, -0.2) is 14.9 Å². The van der Waals surface area contributed by atoms with E-state index in [2.05, 4.69) is 25.5 Å². The topological polar surface area (TPSA) is 38.1 Å². The molecule has 3 heteroatoms. The second kappa shape index (κ2) is 4.12. The summed E-state index contributed by atoms with van der Waals surface area (Å²) in [4.78, 5) is 0. The molecule has 0 saturated carbocycles. The normalized spacial score (nSPS) is 10.7. The van der Waals surface area contributed by atoms with Crippen LogP contribution in [0.1, 0.15) is 26.0 Å². The van der Waals surface area contributed by atoms with Gasteiger partial charge in [0.25, 0.3) is 0 Å². The highest BCUT2D eigenvalue weighted by atomic mass is 16.3. The minimum Gasteiger partial charge on any atom is -0.506 e. The first-order chi connectivity index (χ1) is 6.11. The molecule has 0 bridgehead atoms. The van der Waals surface area contributed by atoms with E-state index in [0.717, 1.165) is 13.0 Å². The molecule has 0 radical (unpaired) electrons. The molecule has 0 aliphatic carbocycles. The lowest BCUT2D eigenvalue weighted by Crippen LogP contribution is -2.06. The van der Waals surface area contributed by atoms with Crippen LogP contribution in [0.15, 0.2) is 18.8 Å². The molecule has 0 unspecified atom stereocenters. The fraction of sp³-hybridized carbons (Fsp3) is 0.500. The van der Waals surface area contributed by atoms with Crippen LogP contribution in [0.4, 0.5) is 0 Å². The Morgan fingerprint density at radius 1 is 1.69 bits per heavy atom. The van der Waals surface area contributed by atoms with Gasteiger partial charge >= 0.3 is 0 Å². The number of aliphatic hydroxyl groups is 1. The van der Waals surface area contributed by atoms with Crippen molar-refractivity contribution in [1.82, 2.24) is 9.78 Å². The number of hydrogen-bond donors (Lipinski definition) is 1. The van der Waals surface area contributed by atoms with E-state index in [1.807, 2.05) is 0 Å². The van der Waals surface area contributed by atoms with Gasteiger partial charge in [0.15, 0.2) is 0 Å². The Morgan fingerprint density at radius 3 is 2.92 bits per heavy atom. The van der Waals surface area contributed by atoms with Crippen molar-refractivity contribution < 1.29 is 5.11 Å². The van der Waals surface area contributed by atoms with Gasteiger partial charge in [0, 0.05) is 12.7 Å². The highest BCUT2D eigenvalue weighted by molar-refractivity contribution is 5.51. The average molecular weight is 180 g/mol. The van der Waals surface area contributed by atoms with Crippen LogP contribution in [0.5, 0.6) is 0 Å². The van der Waals surface area contributed by atoms with Gasteiger partial charge in [-0.2, -0.15) is 5.10 Å². The van der Waals surface area contributed by atoms with E-state index in [9.17, 15) is 5.11 Å². The van der Waals surface area contributed by atoms with Gasteiger partial charge in [-0.05, 0) is 18.4 Å². The largest absolute Gasteiger partial charge is 0.506 e. The molecule has 0 saturated heterocycles. The van der Waals surface area contributed by atoms with Crippen molar-refractivity contribution in [3.05, 3.63) is 24.5 Å². The first-order valence-corrected chi connectivity index (χ1v) is 4.51. The van der Waals surface area contributed by atoms with E-state index in [4.69, 9.17) is 0 Å². The zero-order valence-corrected chi connectivity index (χ0v) is 8.20. The number of rotatable bonds is 4. The predicted molar refractivity (Wildman–Crippen MR) is 53.3 cm³/mol. The van der Waals surface area contributed by atoms with Crippen molar-refractivity contribution >= 4 is 5.76 Å². The molecule has 0 spiro atoms. The average Bonchev–Trinajstić information content (AvgIpc) is 2.47. The third kappa shape index (κ3) is 2.61. The Labute approximate surface area is 78.7 Å². The Kier molecular flexibility index (Phi) is 3.12. The summed E-state index contributed by atoms with van der Waals surface area (Å²) in [6.45, 7) is 8.64. The van der Waals surface area contributed by atoms with Crippen molar-refractivity contribution in [2.45, 2.75) is 26.8 Å². The molecule has 72 valence electrons. The summed E-state index contributed by atoms with van der Waals surface area (Å²) >= 11 is 0. The number of aryl methyl sites for hydroxylation is 1. The maximum absolute atomic E-state index is 9.20. The van der Waals surface area contributed by atoms with Gasteiger partial charge < -0.3 is 5.11 Å². The third-order valence-electron chi connectivity index (χ3n) is 1.93. The lowest BCUT2D eigenvalue weighted by atomic mass is 10.1. The molecule has 0 aromatic carbocycles. The molecule has 1 aromatic rings. The minimum atomic E-state index is 0.0845. The molecule has 0 aliphatic rings. The number of hydrogen-bond acceptors (Lipinski definition) is 2. The van der Waals surface area contributed by atoms with Crippen LogP contribution in [0.25, 0.3) is 5.76 Å². The Balaban J connectivity index is 2.65. The molecule has 1 aromatic heterocycles. The van der Waals surface area contributed by atoms with Crippen molar-refractivity contribution in [3.63, 3.8) is 0 Å². The fourth-order valence-corrected chi connectivity index (χ4v) is 1.14. The number of aromatic nitrogens is 2. The summed E-state index contributed by atoms with van der Waals surface area (Å²) in [5, 5.41) is 13.3. The van der Waals surface area contributed by atoms with E-state index in [1.165, 1.54) is 0 Å². The van der Waals surface area contributed by atoms with E-state index >= 15 is 0 Å². The second-order valence-electron chi connectivity index (χ2n) is 3.57. The molecular weight excluding hydrogens is 164 g/mol. The molecule has 0 amide bonds. The van der Waals surface area contributed by atoms with Crippen LogP contribution in [0, 0.1) is 5.92 Å². The summed E-state index contributed by atoms with van der Waals surface area (Å²) in [5.74, 6) is 0.727. The second-order valence-corrected chi connectivity index (χ2v) is 3.57. The molecule has 1 heterocycles. The number of nitrogens with zero attached hydrogens (tertiary/aromatic N) is 2. The summed E-state index contributed by atoms with van der Waals surface area (Å²) in [6.07, 6.45) is 2.74. The molecule has 3 nitrogen and oxygen atoms in total. The monoisotopic (exact) mass is 180 g/mol. The van der Waals surface area contributed by atoms with E-state index < -0.39 is 0 Å². The van der Waals surface area contributed by atoms with Crippen molar-refractivity contribution in [3.8, 4) is 0 Å². The molecule has 1 rings (SSSR count). The maximum Gasteiger partial charge on any atom is 0.133 e. The van der Waals surface area contributed by atoms with Crippen LogP contribution in [-0.2, 0) is 6.54 Å². The molecule has 0 atom stereocenters. The molecule has 1 N–H and O–H groups in total. The Hall–Kier alpha value is -1.25. The third-order valence-corrected chi connectivity index (χ3v) is 1.93. The van der Waals surface area contributed by atoms with Gasteiger partial charge in [0.2, 0.25) is 0 Å². The molecule has 13 heavy (non-hydrogen) atoms. The van der Waals surface area contributed by atoms with Crippen LogP contribution in [0.3, 0.4) is 0 Å². The summed E-state index contributed by atoms with van der Waals surface area (Å²) < 4.78 is 1.78. The van der Waals surface area contributed by atoms with Gasteiger partial charge in [-0.15, -0.1) is 0 Å². The predicted octanol–water partition coefficient (Wildman–Crippen LogP) is 2.46.